The van der Waals surface area contributed by atoms with Crippen LogP contribution >= 0.6 is 0 Å². The van der Waals surface area contributed by atoms with E-state index in [0.717, 1.165) is 22.6 Å². The van der Waals surface area contributed by atoms with Crippen LogP contribution in [0.15, 0.2) is 84.0 Å². The molecular weight excluding hydrogens is 392 g/mol. The largest absolute Gasteiger partial charge is 0.497 e. The van der Waals surface area contributed by atoms with E-state index in [2.05, 4.69) is 6.07 Å². The van der Waals surface area contributed by atoms with E-state index in [9.17, 15) is 15.4 Å². The number of hydrazone groups is 1. The molecule has 1 heterocycles. The molecule has 1 aliphatic rings. The molecule has 0 spiro atoms. The van der Waals surface area contributed by atoms with E-state index in [1.54, 1.807) is 24.3 Å². The Bertz CT molecular complexity index is 1140. The maximum atomic E-state index is 11.0. The highest BCUT2D eigenvalue weighted by Crippen LogP contribution is 2.39. The number of nitrogens with zero attached hydrogens (tertiary/aromatic N) is 4. The van der Waals surface area contributed by atoms with E-state index >= 15 is 0 Å². The van der Waals surface area contributed by atoms with Crippen LogP contribution in [0, 0.1) is 21.4 Å². The van der Waals surface area contributed by atoms with Crippen molar-refractivity contribution < 1.29 is 9.66 Å². The fraction of sp³-hybridized carbons (Fsp3) is 0.167. The Morgan fingerprint density at radius 2 is 1.77 bits per heavy atom. The molecule has 0 unspecified atom stereocenters. The number of methoxy groups -OCH3 is 1. The van der Waals surface area contributed by atoms with Gasteiger partial charge in [0.2, 0.25) is 0 Å². The molecule has 0 saturated carbocycles. The van der Waals surface area contributed by atoms with Crippen LogP contribution in [-0.2, 0) is 0 Å². The van der Waals surface area contributed by atoms with Gasteiger partial charge in [0, 0.05) is 18.6 Å². The van der Waals surface area contributed by atoms with Gasteiger partial charge >= 0.3 is 0 Å². The van der Waals surface area contributed by atoms with Crippen molar-refractivity contribution in [1.29, 1.82) is 5.26 Å². The minimum atomic E-state index is -0.679. The monoisotopic (exact) mass is 412 g/mol. The molecule has 0 amide bonds. The van der Waals surface area contributed by atoms with Crippen molar-refractivity contribution in [2.24, 2.45) is 5.10 Å². The Morgan fingerprint density at radius 1 is 1.10 bits per heavy atom. The lowest BCUT2D eigenvalue weighted by atomic mass is 9.97. The van der Waals surface area contributed by atoms with E-state index in [4.69, 9.17) is 9.84 Å². The van der Waals surface area contributed by atoms with E-state index in [1.165, 1.54) is 12.1 Å². The summed E-state index contributed by atoms with van der Waals surface area (Å²) in [6, 6.07) is 25.2. The van der Waals surface area contributed by atoms with Gasteiger partial charge in [-0.2, -0.15) is 10.4 Å². The summed E-state index contributed by atoms with van der Waals surface area (Å²) in [5, 5.41) is 27.6. The molecule has 3 aromatic carbocycles. The van der Waals surface area contributed by atoms with E-state index < -0.39 is 11.0 Å². The van der Waals surface area contributed by atoms with Crippen LogP contribution in [0.3, 0.4) is 0 Å². The third-order valence-corrected chi connectivity index (χ3v) is 5.36. The molecule has 154 valence electrons. The van der Waals surface area contributed by atoms with Gasteiger partial charge in [-0.15, -0.1) is 0 Å². The fourth-order valence-corrected chi connectivity index (χ4v) is 3.73. The predicted molar refractivity (Wildman–Crippen MR) is 117 cm³/mol. The average Bonchev–Trinajstić information content (AvgIpc) is 3.25. The third-order valence-electron chi connectivity index (χ3n) is 5.36. The van der Waals surface area contributed by atoms with Crippen LogP contribution < -0.4 is 4.74 Å². The van der Waals surface area contributed by atoms with Gasteiger partial charge in [0.05, 0.1) is 29.9 Å². The van der Waals surface area contributed by atoms with Gasteiger partial charge in [-0.25, -0.2) is 0 Å². The Morgan fingerprint density at radius 3 is 2.35 bits per heavy atom. The van der Waals surface area contributed by atoms with Crippen LogP contribution in [0.5, 0.6) is 5.75 Å². The SMILES string of the molecule is COc1ccc(C2=NN([C@@H](C#N)c3ccc([N+](=O)[O-])cc3)[C@@H](c3ccccc3)C2)cc1. The Labute approximate surface area is 180 Å². The van der Waals surface area contributed by atoms with Crippen molar-refractivity contribution in [2.45, 2.75) is 18.5 Å². The topological polar surface area (TPSA) is 91.8 Å². The normalized spacial score (nSPS) is 16.3. The van der Waals surface area contributed by atoms with Crippen LogP contribution in [0.1, 0.15) is 35.2 Å². The van der Waals surface area contributed by atoms with Crippen molar-refractivity contribution in [3.8, 4) is 11.8 Å². The molecule has 2 atom stereocenters. The zero-order valence-electron chi connectivity index (χ0n) is 16.9. The quantitative estimate of drug-likeness (QED) is 0.419. The van der Waals surface area contributed by atoms with E-state index in [1.807, 2.05) is 54.6 Å². The summed E-state index contributed by atoms with van der Waals surface area (Å²) in [5.41, 5.74) is 3.54. The second kappa shape index (κ2) is 8.67. The molecule has 0 fully saturated rings. The molecule has 7 heteroatoms. The molecule has 0 N–H and O–H groups in total. The highest BCUT2D eigenvalue weighted by Gasteiger charge is 2.34. The second-order valence-electron chi connectivity index (χ2n) is 7.17. The maximum absolute atomic E-state index is 11.0. The summed E-state index contributed by atoms with van der Waals surface area (Å²) in [4.78, 5) is 10.5. The zero-order valence-corrected chi connectivity index (χ0v) is 16.9. The first kappa shape index (κ1) is 20.1. The van der Waals surface area contributed by atoms with E-state index in [0.29, 0.717) is 12.0 Å². The van der Waals surface area contributed by atoms with Gasteiger partial charge in [-0.05, 0) is 53.1 Å². The smallest absolute Gasteiger partial charge is 0.269 e. The molecule has 1 aliphatic heterocycles. The van der Waals surface area contributed by atoms with Crippen molar-refractivity contribution in [1.82, 2.24) is 5.01 Å². The summed E-state index contributed by atoms with van der Waals surface area (Å²) < 4.78 is 5.24. The first-order valence-corrected chi connectivity index (χ1v) is 9.80. The molecule has 4 rings (SSSR count). The van der Waals surface area contributed by atoms with Crippen LogP contribution in [-0.4, -0.2) is 22.8 Å². The fourth-order valence-electron chi connectivity index (χ4n) is 3.73. The molecule has 7 nitrogen and oxygen atoms in total. The van der Waals surface area contributed by atoms with Crippen molar-refractivity contribution in [3.05, 3.63) is 106 Å². The lowest BCUT2D eigenvalue weighted by Crippen LogP contribution is -2.24. The molecule has 0 saturated heterocycles. The number of rotatable bonds is 6. The number of non-ortho nitro benzene ring substituents is 1. The minimum Gasteiger partial charge on any atom is -0.497 e. The molecule has 31 heavy (non-hydrogen) atoms. The molecule has 0 aliphatic carbocycles. The van der Waals surface area contributed by atoms with Gasteiger partial charge in [-0.3, -0.25) is 15.1 Å². The lowest BCUT2D eigenvalue weighted by molar-refractivity contribution is -0.384. The summed E-state index contributed by atoms with van der Waals surface area (Å²) in [5.74, 6) is 0.764. The summed E-state index contributed by atoms with van der Waals surface area (Å²) in [6.45, 7) is 0. The Kier molecular flexibility index (Phi) is 5.63. The van der Waals surface area contributed by atoms with Crippen LogP contribution in [0.25, 0.3) is 0 Å². The number of ether oxygens (including phenoxy) is 1. The van der Waals surface area contributed by atoms with Gasteiger partial charge in [-0.1, -0.05) is 30.3 Å². The number of benzene rings is 3. The van der Waals surface area contributed by atoms with Crippen LogP contribution in [0.4, 0.5) is 5.69 Å². The minimum absolute atomic E-state index is 0.0103. The second-order valence-corrected chi connectivity index (χ2v) is 7.17. The number of hydrogen-bond donors (Lipinski definition) is 0. The van der Waals surface area contributed by atoms with Crippen LogP contribution in [0.2, 0.25) is 0 Å². The molecule has 0 aromatic heterocycles. The van der Waals surface area contributed by atoms with Crippen molar-refractivity contribution in [2.75, 3.05) is 7.11 Å². The lowest BCUT2D eigenvalue weighted by Gasteiger charge is -2.28. The summed E-state index contributed by atoms with van der Waals surface area (Å²) >= 11 is 0. The van der Waals surface area contributed by atoms with Gasteiger partial charge in [0.15, 0.2) is 6.04 Å². The standard InChI is InChI=1S/C24H20N4O3/c1-31-21-13-9-17(10-14-21)22-15-23(18-5-3-2-4-6-18)27(26-22)24(16-25)19-7-11-20(12-8-19)28(29)30/h2-14,23-24H,15H2,1H3/t23-,24+/m1/s1. The number of nitriles is 1. The van der Waals surface area contributed by atoms with E-state index in [-0.39, 0.29) is 11.7 Å². The number of hydrogen-bond acceptors (Lipinski definition) is 6. The molecular formula is C24H20N4O3. The van der Waals surface area contributed by atoms with Gasteiger partial charge in [0.1, 0.15) is 5.75 Å². The number of nitro groups is 1. The van der Waals surface area contributed by atoms with Crippen molar-refractivity contribution >= 4 is 11.4 Å². The maximum Gasteiger partial charge on any atom is 0.269 e. The van der Waals surface area contributed by atoms with Gasteiger partial charge < -0.3 is 4.74 Å². The first-order chi connectivity index (χ1) is 15.1. The molecule has 0 radical (unpaired) electrons. The Hall–Kier alpha value is -4.18. The first-order valence-electron chi connectivity index (χ1n) is 9.80. The third kappa shape index (κ3) is 4.09. The Balaban J connectivity index is 1.72. The molecule has 0 bridgehead atoms. The highest BCUT2D eigenvalue weighted by molar-refractivity contribution is 6.02. The zero-order chi connectivity index (χ0) is 21.8. The predicted octanol–water partition coefficient (Wildman–Crippen LogP) is 5.02. The van der Waals surface area contributed by atoms with Crippen molar-refractivity contribution in [3.63, 3.8) is 0 Å². The summed E-state index contributed by atoms with van der Waals surface area (Å²) in [7, 11) is 1.62. The molecule has 3 aromatic rings. The average molecular weight is 412 g/mol. The highest BCUT2D eigenvalue weighted by atomic mass is 16.6. The summed E-state index contributed by atoms with van der Waals surface area (Å²) in [6.07, 6.45) is 0.640. The van der Waals surface area contributed by atoms with Gasteiger partial charge in [0.25, 0.3) is 5.69 Å². The number of nitro benzene ring substituents is 1.